The van der Waals surface area contributed by atoms with Gasteiger partial charge >= 0.3 is 0 Å². The van der Waals surface area contributed by atoms with E-state index in [0.29, 0.717) is 19.7 Å². The molecule has 1 heterocycles. The molecule has 1 aliphatic rings. The molecular weight excluding hydrogens is 196 g/mol. The second-order valence-electron chi connectivity index (χ2n) is 4.11. The number of nitrogens with zero attached hydrogens (tertiary/aromatic N) is 1. The largest absolute Gasteiger partial charge is 0.394 e. The predicted octanol–water partition coefficient (Wildman–Crippen LogP) is -0.811. The minimum atomic E-state index is -0.255. The van der Waals surface area contributed by atoms with Gasteiger partial charge in [-0.25, -0.2) is 0 Å². The maximum Gasteiger partial charge on any atom is 0.227 e. The van der Waals surface area contributed by atoms with E-state index in [1.165, 1.54) is 0 Å². The highest BCUT2D eigenvalue weighted by Crippen LogP contribution is 2.14. The SMILES string of the molecule is CC(CN)C(=O)N1CC(CO)OCC1C. The van der Waals surface area contributed by atoms with Gasteiger partial charge < -0.3 is 20.5 Å². The van der Waals surface area contributed by atoms with Gasteiger partial charge in [0.2, 0.25) is 5.91 Å². The summed E-state index contributed by atoms with van der Waals surface area (Å²) >= 11 is 0. The molecule has 1 saturated heterocycles. The van der Waals surface area contributed by atoms with Crippen LogP contribution in [0.4, 0.5) is 0 Å². The molecule has 0 aliphatic carbocycles. The highest BCUT2D eigenvalue weighted by atomic mass is 16.5. The highest BCUT2D eigenvalue weighted by Gasteiger charge is 2.30. The van der Waals surface area contributed by atoms with Crippen LogP contribution < -0.4 is 5.73 Å². The van der Waals surface area contributed by atoms with Gasteiger partial charge in [0, 0.05) is 19.0 Å². The molecule has 3 atom stereocenters. The van der Waals surface area contributed by atoms with E-state index in [1.807, 2.05) is 13.8 Å². The van der Waals surface area contributed by atoms with Crippen LogP contribution in [-0.2, 0) is 9.53 Å². The summed E-state index contributed by atoms with van der Waals surface area (Å²) in [5, 5.41) is 8.98. The number of rotatable bonds is 3. The van der Waals surface area contributed by atoms with Gasteiger partial charge in [0.1, 0.15) is 0 Å². The van der Waals surface area contributed by atoms with E-state index in [-0.39, 0.29) is 30.6 Å². The smallest absolute Gasteiger partial charge is 0.227 e. The number of aliphatic hydroxyl groups is 1. The second kappa shape index (κ2) is 5.44. The number of carbonyl (C=O) groups is 1. The van der Waals surface area contributed by atoms with Gasteiger partial charge in [-0.05, 0) is 6.92 Å². The molecule has 88 valence electrons. The van der Waals surface area contributed by atoms with Gasteiger partial charge in [-0.1, -0.05) is 6.92 Å². The van der Waals surface area contributed by atoms with Crippen LogP contribution in [0.5, 0.6) is 0 Å². The number of nitrogens with two attached hydrogens (primary N) is 1. The van der Waals surface area contributed by atoms with E-state index < -0.39 is 0 Å². The number of ether oxygens (including phenoxy) is 1. The first kappa shape index (κ1) is 12.4. The van der Waals surface area contributed by atoms with Crippen molar-refractivity contribution in [3.63, 3.8) is 0 Å². The molecule has 1 fully saturated rings. The third-order valence-corrected chi connectivity index (χ3v) is 2.77. The normalized spacial score (nSPS) is 28.9. The molecule has 5 heteroatoms. The summed E-state index contributed by atoms with van der Waals surface area (Å²) in [4.78, 5) is 13.7. The number of hydrogen-bond acceptors (Lipinski definition) is 4. The monoisotopic (exact) mass is 216 g/mol. The van der Waals surface area contributed by atoms with Crippen molar-refractivity contribution < 1.29 is 14.6 Å². The van der Waals surface area contributed by atoms with Crippen molar-refractivity contribution in [3.05, 3.63) is 0 Å². The molecule has 0 aromatic carbocycles. The van der Waals surface area contributed by atoms with Crippen LogP contribution in [0.15, 0.2) is 0 Å². The Morgan fingerprint density at radius 2 is 2.40 bits per heavy atom. The Labute approximate surface area is 90.2 Å². The second-order valence-corrected chi connectivity index (χ2v) is 4.11. The molecule has 0 saturated carbocycles. The summed E-state index contributed by atoms with van der Waals surface area (Å²) in [5.74, 6) is -0.114. The summed E-state index contributed by atoms with van der Waals surface area (Å²) in [6.07, 6.45) is -0.255. The van der Waals surface area contributed by atoms with Crippen LogP contribution in [0, 0.1) is 5.92 Å². The average molecular weight is 216 g/mol. The summed E-state index contributed by atoms with van der Waals surface area (Å²) < 4.78 is 5.36. The Morgan fingerprint density at radius 3 is 2.93 bits per heavy atom. The first-order valence-corrected chi connectivity index (χ1v) is 5.33. The van der Waals surface area contributed by atoms with E-state index in [4.69, 9.17) is 15.6 Å². The quantitative estimate of drug-likeness (QED) is 0.647. The number of carbonyl (C=O) groups excluding carboxylic acids is 1. The number of aliphatic hydroxyl groups excluding tert-OH is 1. The minimum Gasteiger partial charge on any atom is -0.394 e. The number of hydrogen-bond donors (Lipinski definition) is 2. The first-order chi connectivity index (χ1) is 7.10. The molecule has 5 nitrogen and oxygen atoms in total. The molecule has 15 heavy (non-hydrogen) atoms. The van der Waals surface area contributed by atoms with E-state index in [1.54, 1.807) is 4.90 Å². The Morgan fingerprint density at radius 1 is 1.73 bits per heavy atom. The van der Waals surface area contributed by atoms with Gasteiger partial charge in [-0.2, -0.15) is 0 Å². The molecule has 0 aromatic rings. The molecule has 1 amide bonds. The molecule has 1 rings (SSSR count). The van der Waals surface area contributed by atoms with Crippen molar-refractivity contribution in [2.24, 2.45) is 11.7 Å². The molecule has 3 unspecified atom stereocenters. The summed E-state index contributed by atoms with van der Waals surface area (Å²) in [6, 6.07) is 0.0642. The Balaban J connectivity index is 2.61. The lowest BCUT2D eigenvalue weighted by Crippen LogP contribution is -2.54. The number of morpholine rings is 1. The van der Waals surface area contributed by atoms with Crippen molar-refractivity contribution >= 4 is 5.91 Å². The molecule has 0 bridgehead atoms. The van der Waals surface area contributed by atoms with E-state index in [2.05, 4.69) is 0 Å². The average Bonchev–Trinajstić information content (AvgIpc) is 2.27. The van der Waals surface area contributed by atoms with Crippen LogP contribution in [0.1, 0.15) is 13.8 Å². The van der Waals surface area contributed by atoms with Gasteiger partial charge in [0.15, 0.2) is 0 Å². The predicted molar refractivity (Wildman–Crippen MR) is 56.2 cm³/mol. The minimum absolute atomic E-state index is 0.0479. The molecule has 1 aliphatic heterocycles. The van der Waals surface area contributed by atoms with Crippen LogP contribution in [-0.4, -0.2) is 54.4 Å². The Bertz CT molecular complexity index is 223. The first-order valence-electron chi connectivity index (χ1n) is 5.33. The molecule has 3 N–H and O–H groups in total. The van der Waals surface area contributed by atoms with E-state index >= 15 is 0 Å². The fraction of sp³-hybridized carbons (Fsp3) is 0.900. The Hall–Kier alpha value is -0.650. The summed E-state index contributed by atoms with van der Waals surface area (Å²) in [7, 11) is 0. The lowest BCUT2D eigenvalue weighted by atomic mass is 10.1. The maximum absolute atomic E-state index is 11.9. The van der Waals surface area contributed by atoms with Gasteiger partial charge in [0.25, 0.3) is 0 Å². The fourth-order valence-electron chi connectivity index (χ4n) is 1.62. The topological polar surface area (TPSA) is 75.8 Å². The zero-order valence-corrected chi connectivity index (χ0v) is 9.35. The lowest BCUT2D eigenvalue weighted by Gasteiger charge is -2.38. The highest BCUT2D eigenvalue weighted by molar-refractivity contribution is 5.79. The van der Waals surface area contributed by atoms with Gasteiger partial charge in [-0.3, -0.25) is 4.79 Å². The third kappa shape index (κ3) is 2.90. The lowest BCUT2D eigenvalue weighted by molar-refractivity contribution is -0.149. The van der Waals surface area contributed by atoms with Crippen molar-refractivity contribution in [2.75, 3.05) is 26.3 Å². The van der Waals surface area contributed by atoms with E-state index in [0.717, 1.165) is 0 Å². The summed E-state index contributed by atoms with van der Waals surface area (Å²) in [5.41, 5.74) is 5.46. The van der Waals surface area contributed by atoms with Crippen molar-refractivity contribution in [1.29, 1.82) is 0 Å². The van der Waals surface area contributed by atoms with Gasteiger partial charge in [0.05, 0.1) is 25.4 Å². The van der Waals surface area contributed by atoms with Crippen molar-refractivity contribution in [1.82, 2.24) is 4.90 Å². The van der Waals surface area contributed by atoms with E-state index in [9.17, 15) is 4.79 Å². The van der Waals surface area contributed by atoms with Crippen molar-refractivity contribution in [2.45, 2.75) is 26.0 Å². The zero-order chi connectivity index (χ0) is 11.4. The fourth-order valence-corrected chi connectivity index (χ4v) is 1.62. The third-order valence-electron chi connectivity index (χ3n) is 2.77. The maximum atomic E-state index is 11.9. The Kier molecular flexibility index (Phi) is 4.50. The standard InChI is InChI=1S/C10H20N2O3/c1-7(3-11)10(14)12-4-9(5-13)15-6-8(12)2/h7-9,13H,3-6,11H2,1-2H3. The van der Waals surface area contributed by atoms with Crippen molar-refractivity contribution in [3.8, 4) is 0 Å². The summed E-state index contributed by atoms with van der Waals surface area (Å²) in [6.45, 7) is 5.00. The van der Waals surface area contributed by atoms with Gasteiger partial charge in [-0.15, -0.1) is 0 Å². The van der Waals surface area contributed by atoms with Crippen LogP contribution >= 0.6 is 0 Å². The molecule has 0 aromatic heterocycles. The number of amides is 1. The van der Waals surface area contributed by atoms with Crippen LogP contribution in [0.2, 0.25) is 0 Å². The van der Waals surface area contributed by atoms with Crippen LogP contribution in [0.25, 0.3) is 0 Å². The molecule has 0 radical (unpaired) electrons. The van der Waals surface area contributed by atoms with Crippen LogP contribution in [0.3, 0.4) is 0 Å². The molecule has 0 spiro atoms. The molecular formula is C10H20N2O3. The zero-order valence-electron chi connectivity index (χ0n) is 9.35.